The molecule has 124 valence electrons. The molecule has 24 heavy (non-hydrogen) atoms. The zero-order valence-electron chi connectivity index (χ0n) is 12.6. The highest BCUT2D eigenvalue weighted by atomic mass is 32.2. The lowest BCUT2D eigenvalue weighted by molar-refractivity contribution is 0.580. The lowest BCUT2D eigenvalue weighted by atomic mass is 10.2. The minimum Gasteiger partial charge on any atom is -0.255 e. The van der Waals surface area contributed by atoms with Crippen molar-refractivity contribution >= 4 is 21.4 Å². The van der Waals surface area contributed by atoms with Gasteiger partial charge in [0.05, 0.1) is 16.3 Å². The van der Waals surface area contributed by atoms with Gasteiger partial charge in [-0.25, -0.2) is 17.5 Å². The summed E-state index contributed by atoms with van der Waals surface area (Å²) in [5.41, 5.74) is 2.19. The second-order valence-corrected chi connectivity index (χ2v) is 7.99. The normalized spacial score (nSPS) is 11.5. The molecule has 0 aliphatic heterocycles. The number of halogens is 1. The summed E-state index contributed by atoms with van der Waals surface area (Å²) < 4.78 is 39.7. The Bertz CT molecular complexity index is 908. The van der Waals surface area contributed by atoms with Gasteiger partial charge in [0.2, 0.25) is 10.0 Å². The topological polar surface area (TPSA) is 59.1 Å². The van der Waals surface area contributed by atoms with E-state index in [1.807, 2.05) is 23.6 Å². The van der Waals surface area contributed by atoms with Crippen molar-refractivity contribution in [2.75, 3.05) is 0 Å². The van der Waals surface area contributed by atoms with Crippen molar-refractivity contribution < 1.29 is 12.8 Å². The third-order valence-electron chi connectivity index (χ3n) is 3.36. The van der Waals surface area contributed by atoms with Gasteiger partial charge in [-0.15, -0.1) is 11.3 Å². The maximum atomic E-state index is 12.9. The van der Waals surface area contributed by atoms with Crippen LogP contribution in [0, 0.1) is 5.82 Å². The van der Waals surface area contributed by atoms with Gasteiger partial charge in [0.25, 0.3) is 0 Å². The van der Waals surface area contributed by atoms with Crippen molar-refractivity contribution in [1.29, 1.82) is 0 Å². The first-order chi connectivity index (χ1) is 11.5. The van der Waals surface area contributed by atoms with Gasteiger partial charge in [-0.3, -0.25) is 4.98 Å². The van der Waals surface area contributed by atoms with E-state index in [1.165, 1.54) is 24.3 Å². The highest BCUT2D eigenvalue weighted by molar-refractivity contribution is 7.88. The van der Waals surface area contributed by atoms with E-state index in [1.54, 1.807) is 23.6 Å². The molecule has 2 aromatic heterocycles. The van der Waals surface area contributed by atoms with Crippen LogP contribution in [-0.2, 0) is 22.3 Å². The van der Waals surface area contributed by atoms with Crippen LogP contribution in [0.15, 0.2) is 60.1 Å². The molecule has 0 saturated carbocycles. The molecule has 0 aliphatic rings. The van der Waals surface area contributed by atoms with Gasteiger partial charge in [0.1, 0.15) is 5.82 Å². The fourth-order valence-electron chi connectivity index (χ4n) is 2.19. The van der Waals surface area contributed by atoms with Crippen LogP contribution in [0.25, 0.3) is 10.6 Å². The van der Waals surface area contributed by atoms with E-state index < -0.39 is 10.0 Å². The SMILES string of the molecule is O=S(=O)(Cc1ccc(F)cc1)NCc1ccnc(-c2cccs2)c1. The Balaban J connectivity index is 1.66. The molecule has 0 unspecified atom stereocenters. The lowest BCUT2D eigenvalue weighted by Crippen LogP contribution is -2.24. The van der Waals surface area contributed by atoms with E-state index in [9.17, 15) is 12.8 Å². The maximum Gasteiger partial charge on any atom is 0.216 e. The molecule has 1 N–H and O–H groups in total. The first kappa shape index (κ1) is 16.8. The summed E-state index contributed by atoms with van der Waals surface area (Å²) in [6.07, 6.45) is 1.67. The Hall–Kier alpha value is -2.09. The minimum atomic E-state index is -3.50. The summed E-state index contributed by atoms with van der Waals surface area (Å²) in [6, 6.07) is 13.0. The molecule has 4 nitrogen and oxygen atoms in total. The third-order valence-corrected chi connectivity index (χ3v) is 5.55. The summed E-state index contributed by atoms with van der Waals surface area (Å²) in [5.74, 6) is -0.571. The van der Waals surface area contributed by atoms with Crippen LogP contribution >= 0.6 is 11.3 Å². The molecule has 0 fully saturated rings. The van der Waals surface area contributed by atoms with E-state index in [4.69, 9.17) is 0 Å². The number of sulfonamides is 1. The van der Waals surface area contributed by atoms with Crippen LogP contribution in [0.4, 0.5) is 4.39 Å². The van der Waals surface area contributed by atoms with E-state index >= 15 is 0 Å². The molecule has 0 bridgehead atoms. The Kier molecular flexibility index (Phi) is 5.03. The number of hydrogen-bond acceptors (Lipinski definition) is 4. The van der Waals surface area contributed by atoms with Gasteiger partial charge in [0.15, 0.2) is 0 Å². The standard InChI is InChI=1S/C17H15FN2O2S2/c18-15-5-3-13(4-6-15)12-24(21,22)20-11-14-7-8-19-16(10-14)17-2-1-9-23-17/h1-10,20H,11-12H2. The zero-order chi connectivity index (χ0) is 17.0. The van der Waals surface area contributed by atoms with E-state index in [0.717, 1.165) is 16.1 Å². The zero-order valence-corrected chi connectivity index (χ0v) is 14.3. The van der Waals surface area contributed by atoms with E-state index in [0.29, 0.717) is 5.56 Å². The summed E-state index contributed by atoms with van der Waals surface area (Å²) in [4.78, 5) is 5.33. The molecule has 1 aromatic carbocycles. The number of nitrogens with zero attached hydrogens (tertiary/aromatic N) is 1. The van der Waals surface area contributed by atoms with Crippen LogP contribution in [0.1, 0.15) is 11.1 Å². The molecular formula is C17H15FN2O2S2. The highest BCUT2D eigenvalue weighted by Gasteiger charge is 2.12. The molecule has 0 spiro atoms. The molecule has 0 saturated heterocycles. The Labute approximate surface area is 144 Å². The number of benzene rings is 1. The van der Waals surface area contributed by atoms with Gasteiger partial charge < -0.3 is 0 Å². The molecule has 0 atom stereocenters. The van der Waals surface area contributed by atoms with Crippen LogP contribution in [0.2, 0.25) is 0 Å². The first-order valence-electron chi connectivity index (χ1n) is 7.22. The second kappa shape index (κ2) is 7.21. The second-order valence-electron chi connectivity index (χ2n) is 5.23. The fraction of sp³-hybridized carbons (Fsp3) is 0.118. The summed E-state index contributed by atoms with van der Waals surface area (Å²) >= 11 is 1.58. The summed E-state index contributed by atoms with van der Waals surface area (Å²) in [7, 11) is -3.50. The Morgan fingerprint density at radius 3 is 2.58 bits per heavy atom. The van der Waals surface area contributed by atoms with Crippen molar-refractivity contribution in [1.82, 2.24) is 9.71 Å². The Morgan fingerprint density at radius 2 is 1.88 bits per heavy atom. The largest absolute Gasteiger partial charge is 0.255 e. The van der Waals surface area contributed by atoms with Gasteiger partial charge in [-0.2, -0.15) is 0 Å². The Morgan fingerprint density at radius 1 is 1.08 bits per heavy atom. The molecule has 2 heterocycles. The fourth-order valence-corrected chi connectivity index (χ4v) is 4.00. The summed E-state index contributed by atoms with van der Waals surface area (Å²) in [6.45, 7) is 0.185. The smallest absolute Gasteiger partial charge is 0.216 e. The molecule has 7 heteroatoms. The van der Waals surface area contributed by atoms with Crippen molar-refractivity contribution in [3.63, 3.8) is 0 Å². The number of pyridine rings is 1. The quantitative estimate of drug-likeness (QED) is 0.729. The number of aromatic nitrogens is 1. The lowest BCUT2D eigenvalue weighted by Gasteiger charge is -2.08. The number of thiophene rings is 1. The monoisotopic (exact) mass is 362 g/mol. The van der Waals surface area contributed by atoms with Gasteiger partial charge in [-0.1, -0.05) is 18.2 Å². The van der Waals surface area contributed by atoms with Crippen LogP contribution in [-0.4, -0.2) is 13.4 Å². The number of hydrogen-bond donors (Lipinski definition) is 1. The third kappa shape index (κ3) is 4.47. The van der Waals surface area contributed by atoms with Gasteiger partial charge >= 0.3 is 0 Å². The van der Waals surface area contributed by atoms with Crippen molar-refractivity contribution in [3.05, 3.63) is 77.1 Å². The summed E-state index contributed by atoms with van der Waals surface area (Å²) in [5, 5.41) is 1.97. The molecule has 3 rings (SSSR count). The van der Waals surface area contributed by atoms with Crippen LogP contribution in [0.3, 0.4) is 0 Å². The van der Waals surface area contributed by atoms with Gasteiger partial charge in [0, 0.05) is 12.7 Å². The molecule has 0 amide bonds. The molecule has 0 radical (unpaired) electrons. The molecular weight excluding hydrogens is 347 g/mol. The van der Waals surface area contributed by atoms with Crippen molar-refractivity contribution in [3.8, 4) is 10.6 Å². The average molecular weight is 362 g/mol. The first-order valence-corrected chi connectivity index (χ1v) is 9.76. The van der Waals surface area contributed by atoms with Crippen molar-refractivity contribution in [2.24, 2.45) is 0 Å². The van der Waals surface area contributed by atoms with Crippen LogP contribution in [0.5, 0.6) is 0 Å². The van der Waals surface area contributed by atoms with Gasteiger partial charge in [-0.05, 0) is 46.8 Å². The minimum absolute atomic E-state index is 0.184. The molecule has 3 aromatic rings. The van der Waals surface area contributed by atoms with E-state index in [-0.39, 0.29) is 18.1 Å². The average Bonchev–Trinajstić information content (AvgIpc) is 3.10. The van der Waals surface area contributed by atoms with Crippen molar-refractivity contribution in [2.45, 2.75) is 12.3 Å². The maximum absolute atomic E-state index is 12.9. The number of nitrogens with one attached hydrogen (secondary N) is 1. The highest BCUT2D eigenvalue weighted by Crippen LogP contribution is 2.23. The number of rotatable bonds is 6. The van der Waals surface area contributed by atoms with Crippen LogP contribution < -0.4 is 4.72 Å². The van der Waals surface area contributed by atoms with E-state index in [2.05, 4.69) is 9.71 Å². The predicted octanol–water partition coefficient (Wildman–Crippen LogP) is 3.57. The molecule has 0 aliphatic carbocycles. The predicted molar refractivity (Wildman–Crippen MR) is 93.4 cm³/mol.